The monoisotopic (exact) mass is 356 g/mol. The van der Waals surface area contributed by atoms with Gasteiger partial charge in [0.25, 0.3) is 11.2 Å². The summed E-state index contributed by atoms with van der Waals surface area (Å²) >= 11 is 0. The molecule has 0 amide bonds. The molecule has 3 nitrogen and oxygen atoms in total. The van der Waals surface area contributed by atoms with E-state index in [0.29, 0.717) is 5.92 Å². The second kappa shape index (κ2) is 5.35. The van der Waals surface area contributed by atoms with Crippen molar-refractivity contribution in [3.8, 4) is 22.8 Å². The summed E-state index contributed by atoms with van der Waals surface area (Å²) in [6.45, 7) is 2.20. The molecule has 0 unspecified atom stereocenters. The zero-order valence-corrected chi connectivity index (χ0v) is 15.7. The van der Waals surface area contributed by atoms with Crippen molar-refractivity contribution >= 4 is 21.9 Å². The lowest BCUT2D eigenvalue weighted by atomic mass is 9.89. The topological polar surface area (TPSA) is 26.2 Å². The van der Waals surface area contributed by atoms with Gasteiger partial charge in [0.05, 0.1) is 17.4 Å². The molecule has 1 saturated carbocycles. The van der Waals surface area contributed by atoms with Gasteiger partial charge in [0, 0.05) is 11.5 Å². The van der Waals surface area contributed by atoms with Crippen LogP contribution in [-0.4, -0.2) is 0 Å². The molecule has 2 aromatic heterocycles. The lowest BCUT2D eigenvalue weighted by molar-refractivity contribution is -0.634. The summed E-state index contributed by atoms with van der Waals surface area (Å²) in [6, 6.07) is 12.9. The quantitative estimate of drug-likeness (QED) is 0.337. The molecule has 2 aliphatic rings. The van der Waals surface area contributed by atoms with Crippen LogP contribution in [0.25, 0.3) is 33.1 Å². The van der Waals surface area contributed by atoms with E-state index in [1.165, 1.54) is 58.8 Å². The van der Waals surface area contributed by atoms with E-state index in [9.17, 15) is 0 Å². The molecule has 0 N–H and O–H groups in total. The fourth-order valence-electron chi connectivity index (χ4n) is 5.19. The van der Waals surface area contributed by atoms with Gasteiger partial charge >= 0.3 is 0 Å². The van der Waals surface area contributed by atoms with Crippen molar-refractivity contribution in [2.24, 2.45) is 7.05 Å². The minimum Gasteiger partial charge on any atom is -0.457 e. The van der Waals surface area contributed by atoms with Gasteiger partial charge in [-0.1, -0.05) is 37.1 Å². The van der Waals surface area contributed by atoms with Crippen LogP contribution in [0.3, 0.4) is 0 Å². The highest BCUT2D eigenvalue weighted by molar-refractivity contribution is 6.05. The third-order valence-electron chi connectivity index (χ3n) is 6.47. The molecule has 6 rings (SSSR count). The highest BCUT2D eigenvalue weighted by Gasteiger charge is 2.38. The largest absolute Gasteiger partial charge is 0.457 e. The van der Waals surface area contributed by atoms with Gasteiger partial charge in [-0.2, -0.15) is 4.57 Å². The smallest absolute Gasteiger partial charge is 0.257 e. The lowest BCUT2D eigenvalue weighted by Gasteiger charge is -2.24. The fraction of sp³-hybridized carbons (Fsp3) is 0.292. The van der Waals surface area contributed by atoms with Gasteiger partial charge in [-0.15, -0.1) is 0 Å². The Morgan fingerprint density at radius 1 is 1.04 bits per heavy atom. The van der Waals surface area contributed by atoms with Crippen LogP contribution in [0.1, 0.15) is 42.7 Å². The first-order valence-corrected chi connectivity index (χ1v) is 9.87. The molecule has 4 aromatic rings. The Hall–Kier alpha value is -2.81. The number of rotatable bonds is 1. The number of benzene rings is 2. The van der Waals surface area contributed by atoms with Crippen molar-refractivity contribution in [2.45, 2.75) is 38.5 Å². The molecule has 1 fully saturated rings. The molecule has 1 aliphatic heterocycles. The predicted molar refractivity (Wildman–Crippen MR) is 106 cm³/mol. The van der Waals surface area contributed by atoms with Crippen molar-refractivity contribution in [1.29, 1.82) is 0 Å². The molecule has 0 radical (unpaired) electrons. The summed E-state index contributed by atoms with van der Waals surface area (Å²) in [6.07, 6.45) is 6.81. The van der Waals surface area contributed by atoms with Crippen molar-refractivity contribution in [3.63, 3.8) is 0 Å². The molecule has 1 aliphatic carbocycles. The van der Waals surface area contributed by atoms with E-state index in [-0.39, 0.29) is 0 Å². The second-order valence-corrected chi connectivity index (χ2v) is 7.98. The van der Waals surface area contributed by atoms with Crippen LogP contribution in [0.4, 0.5) is 0 Å². The summed E-state index contributed by atoms with van der Waals surface area (Å²) in [4.78, 5) is 0. The molecule has 0 bridgehead atoms. The number of pyridine rings is 1. The van der Waals surface area contributed by atoms with Gasteiger partial charge in [0.15, 0.2) is 0 Å². The number of fused-ring (bicyclic) bond motifs is 3. The van der Waals surface area contributed by atoms with Gasteiger partial charge in [0.1, 0.15) is 12.8 Å². The molecule has 0 atom stereocenters. The van der Waals surface area contributed by atoms with E-state index in [1.807, 2.05) is 6.26 Å². The van der Waals surface area contributed by atoms with Crippen LogP contribution in [-0.2, 0) is 7.05 Å². The Morgan fingerprint density at radius 3 is 2.74 bits per heavy atom. The molecule has 3 heteroatoms. The van der Waals surface area contributed by atoms with Crippen molar-refractivity contribution < 1.29 is 13.7 Å². The van der Waals surface area contributed by atoms with Gasteiger partial charge in [-0.3, -0.25) is 0 Å². The van der Waals surface area contributed by atoms with Gasteiger partial charge < -0.3 is 9.15 Å². The van der Waals surface area contributed by atoms with Crippen molar-refractivity contribution in [1.82, 2.24) is 0 Å². The van der Waals surface area contributed by atoms with Crippen molar-refractivity contribution in [2.75, 3.05) is 0 Å². The highest BCUT2D eigenvalue weighted by Crippen LogP contribution is 2.52. The first-order chi connectivity index (χ1) is 13.2. The number of hydrogen-bond donors (Lipinski definition) is 0. The average molecular weight is 356 g/mol. The predicted octanol–water partition coefficient (Wildman–Crippen LogP) is 6.15. The van der Waals surface area contributed by atoms with Crippen LogP contribution >= 0.6 is 0 Å². The minimum atomic E-state index is 0.512. The number of ether oxygens (including phenoxy) is 1. The summed E-state index contributed by atoms with van der Waals surface area (Å²) in [7, 11) is 2.13. The van der Waals surface area contributed by atoms with Gasteiger partial charge in [-0.25, -0.2) is 0 Å². The molecular formula is C24H22NO2+. The normalized spacial score (nSPS) is 16.1. The average Bonchev–Trinajstić information content (AvgIpc) is 3.36. The molecule has 0 spiro atoms. The van der Waals surface area contributed by atoms with E-state index in [2.05, 4.69) is 54.9 Å². The maximum Gasteiger partial charge on any atom is 0.257 e. The Kier molecular flexibility index (Phi) is 3.03. The van der Waals surface area contributed by atoms with Gasteiger partial charge in [0.2, 0.25) is 11.3 Å². The summed E-state index contributed by atoms with van der Waals surface area (Å²) in [5.41, 5.74) is 7.19. The SMILES string of the molecule is Cc1ccc2cccc3c2c1-c1c(c(C2CCCC2)c2occc2[n+]1C)O3. The summed E-state index contributed by atoms with van der Waals surface area (Å²) < 4.78 is 14.9. The van der Waals surface area contributed by atoms with Crippen molar-refractivity contribution in [3.05, 3.63) is 53.8 Å². The number of aromatic nitrogens is 1. The number of hydrogen-bond acceptors (Lipinski definition) is 2. The van der Waals surface area contributed by atoms with Crippen LogP contribution in [0, 0.1) is 6.92 Å². The van der Waals surface area contributed by atoms with E-state index in [0.717, 1.165) is 22.6 Å². The van der Waals surface area contributed by atoms with E-state index in [4.69, 9.17) is 9.15 Å². The Bertz CT molecular complexity index is 1230. The third-order valence-corrected chi connectivity index (χ3v) is 6.47. The van der Waals surface area contributed by atoms with E-state index < -0.39 is 0 Å². The zero-order chi connectivity index (χ0) is 18.1. The number of nitrogens with zero attached hydrogens (tertiary/aromatic N) is 1. The van der Waals surface area contributed by atoms with E-state index in [1.54, 1.807) is 0 Å². The third kappa shape index (κ3) is 1.94. The molecule has 0 saturated heterocycles. The molecule has 2 aromatic carbocycles. The molecule has 3 heterocycles. The number of aryl methyl sites for hydroxylation is 2. The second-order valence-electron chi connectivity index (χ2n) is 7.98. The number of furan rings is 1. The van der Waals surface area contributed by atoms with Gasteiger partial charge in [-0.05, 0) is 42.7 Å². The Morgan fingerprint density at radius 2 is 1.89 bits per heavy atom. The molecular weight excluding hydrogens is 334 g/mol. The van der Waals surface area contributed by atoms with Crippen LogP contribution in [0.2, 0.25) is 0 Å². The molecule has 134 valence electrons. The van der Waals surface area contributed by atoms with Crippen LogP contribution in [0.15, 0.2) is 47.1 Å². The summed E-state index contributed by atoms with van der Waals surface area (Å²) in [5.74, 6) is 2.48. The maximum absolute atomic E-state index is 6.63. The first-order valence-electron chi connectivity index (χ1n) is 9.87. The van der Waals surface area contributed by atoms with Crippen LogP contribution in [0.5, 0.6) is 11.5 Å². The van der Waals surface area contributed by atoms with Crippen LogP contribution < -0.4 is 9.30 Å². The maximum atomic E-state index is 6.63. The lowest BCUT2D eigenvalue weighted by Crippen LogP contribution is -2.34. The van der Waals surface area contributed by atoms with E-state index >= 15 is 0 Å². The zero-order valence-electron chi connectivity index (χ0n) is 15.7. The fourth-order valence-corrected chi connectivity index (χ4v) is 5.19. The summed E-state index contributed by atoms with van der Waals surface area (Å²) in [5, 5.41) is 2.45. The highest BCUT2D eigenvalue weighted by atomic mass is 16.5. The molecule has 27 heavy (non-hydrogen) atoms. The first kappa shape index (κ1) is 15.3. The Labute approximate surface area is 158 Å². The Balaban J connectivity index is 1.81. The minimum absolute atomic E-state index is 0.512. The standard InChI is InChI=1S/C24H22NO2/c1-14-10-11-16-8-5-9-18-20(16)19(14)22-24(27-18)21(15-6-3-4-7-15)23-17(25(22)2)12-13-26-23/h5,8-13,15H,3-4,6-7H2,1-2H3/q+1.